The van der Waals surface area contributed by atoms with Crippen LogP contribution in [0, 0.1) is 0 Å². The summed E-state index contributed by atoms with van der Waals surface area (Å²) < 4.78 is 0. The van der Waals surface area contributed by atoms with E-state index in [0.717, 1.165) is 5.06 Å². The van der Waals surface area contributed by atoms with Gasteiger partial charge in [0.05, 0.1) is 15.7 Å². The monoisotopic (exact) mass is 274 g/mol. The van der Waals surface area contributed by atoms with Gasteiger partial charge in [-0.25, -0.2) is 4.79 Å². The standard InChI is InChI=1S/C10H8Cl2N2O3/c1-5-9(15)13-10(16)14(17-5)6-2-3-7(11)8(12)4-6/h2-5H,1H3,(H,13,15,16)/t5-/m1/s1. The molecule has 0 saturated carbocycles. The highest BCUT2D eigenvalue weighted by Crippen LogP contribution is 2.28. The lowest BCUT2D eigenvalue weighted by molar-refractivity contribution is -0.133. The van der Waals surface area contributed by atoms with E-state index < -0.39 is 18.0 Å². The highest BCUT2D eigenvalue weighted by molar-refractivity contribution is 6.42. The van der Waals surface area contributed by atoms with Crippen molar-refractivity contribution in [2.75, 3.05) is 5.06 Å². The third-order valence-electron chi connectivity index (χ3n) is 2.19. The molecule has 7 heteroatoms. The number of nitrogens with one attached hydrogen (secondary N) is 1. The van der Waals surface area contributed by atoms with Gasteiger partial charge in [-0.3, -0.25) is 14.9 Å². The molecule has 1 saturated heterocycles. The summed E-state index contributed by atoms with van der Waals surface area (Å²) in [6, 6.07) is 3.92. The van der Waals surface area contributed by atoms with E-state index in [1.54, 1.807) is 6.07 Å². The van der Waals surface area contributed by atoms with E-state index in [1.165, 1.54) is 19.1 Å². The van der Waals surface area contributed by atoms with Crippen molar-refractivity contribution in [3.05, 3.63) is 28.2 Å². The molecule has 1 aliphatic heterocycles. The van der Waals surface area contributed by atoms with E-state index in [0.29, 0.717) is 15.7 Å². The number of anilines is 1. The molecule has 5 nitrogen and oxygen atoms in total. The van der Waals surface area contributed by atoms with Crippen LogP contribution < -0.4 is 10.4 Å². The van der Waals surface area contributed by atoms with Crippen LogP contribution >= 0.6 is 23.2 Å². The van der Waals surface area contributed by atoms with Crippen molar-refractivity contribution >= 4 is 40.8 Å². The van der Waals surface area contributed by atoms with E-state index in [4.69, 9.17) is 28.0 Å². The SMILES string of the molecule is C[C@H]1ON(c2ccc(Cl)c(Cl)c2)C(=O)NC1=O. The zero-order valence-electron chi connectivity index (χ0n) is 8.74. The van der Waals surface area contributed by atoms with Crippen LogP contribution in [-0.2, 0) is 9.63 Å². The molecular formula is C10H8Cl2N2O3. The lowest BCUT2D eigenvalue weighted by Gasteiger charge is -2.29. The highest BCUT2D eigenvalue weighted by atomic mass is 35.5. The second-order valence-corrected chi connectivity index (χ2v) is 4.25. The molecule has 1 N–H and O–H groups in total. The molecule has 1 aromatic carbocycles. The lowest BCUT2D eigenvalue weighted by Crippen LogP contribution is -2.54. The molecule has 1 aromatic rings. The minimum atomic E-state index is -0.748. The number of hydrogen-bond acceptors (Lipinski definition) is 3. The second-order valence-electron chi connectivity index (χ2n) is 3.43. The first-order valence-electron chi connectivity index (χ1n) is 4.76. The molecule has 17 heavy (non-hydrogen) atoms. The summed E-state index contributed by atoms with van der Waals surface area (Å²) in [5.74, 6) is -0.480. The van der Waals surface area contributed by atoms with Crippen LogP contribution in [0.2, 0.25) is 10.0 Å². The number of imide groups is 1. The van der Waals surface area contributed by atoms with Gasteiger partial charge in [-0.2, -0.15) is 5.06 Å². The smallest absolute Gasteiger partial charge is 0.273 e. The van der Waals surface area contributed by atoms with Gasteiger partial charge in [-0.15, -0.1) is 0 Å². The van der Waals surface area contributed by atoms with Gasteiger partial charge in [0.1, 0.15) is 0 Å². The third-order valence-corrected chi connectivity index (χ3v) is 2.92. The quantitative estimate of drug-likeness (QED) is 0.855. The van der Waals surface area contributed by atoms with E-state index in [9.17, 15) is 9.59 Å². The van der Waals surface area contributed by atoms with Gasteiger partial charge in [0.25, 0.3) is 5.91 Å². The molecular weight excluding hydrogens is 267 g/mol. The molecule has 0 spiro atoms. The lowest BCUT2D eigenvalue weighted by atomic mass is 10.3. The molecule has 1 aliphatic rings. The number of nitrogens with zero attached hydrogens (tertiary/aromatic N) is 1. The van der Waals surface area contributed by atoms with Crippen LogP contribution in [0.25, 0.3) is 0 Å². The summed E-state index contributed by atoms with van der Waals surface area (Å²) in [6.45, 7) is 1.53. The maximum Gasteiger partial charge on any atom is 0.352 e. The van der Waals surface area contributed by atoms with E-state index in [1.807, 2.05) is 0 Å². The molecule has 3 amide bonds. The van der Waals surface area contributed by atoms with E-state index in [2.05, 4.69) is 5.32 Å². The van der Waals surface area contributed by atoms with Crippen LogP contribution in [0.1, 0.15) is 6.92 Å². The van der Waals surface area contributed by atoms with Gasteiger partial charge in [0.2, 0.25) is 0 Å². The van der Waals surface area contributed by atoms with Gasteiger partial charge in [-0.1, -0.05) is 23.2 Å². The number of benzene rings is 1. The number of carbonyl (C=O) groups is 2. The van der Waals surface area contributed by atoms with Crippen molar-refractivity contribution in [3.63, 3.8) is 0 Å². The molecule has 0 radical (unpaired) electrons. The largest absolute Gasteiger partial charge is 0.352 e. The summed E-state index contributed by atoms with van der Waals surface area (Å²) in [5.41, 5.74) is 0.399. The molecule has 0 unspecified atom stereocenters. The number of amides is 3. The maximum atomic E-state index is 11.5. The Hall–Kier alpha value is -1.30. The summed E-state index contributed by atoms with van der Waals surface area (Å²) in [6.07, 6.45) is -0.748. The Morgan fingerprint density at radius 3 is 2.65 bits per heavy atom. The Kier molecular flexibility index (Phi) is 3.24. The molecule has 1 fully saturated rings. The zero-order chi connectivity index (χ0) is 12.6. The Bertz CT molecular complexity index is 492. The van der Waals surface area contributed by atoms with Crippen LogP contribution in [0.5, 0.6) is 0 Å². The molecule has 0 bridgehead atoms. The Morgan fingerprint density at radius 1 is 1.29 bits per heavy atom. The zero-order valence-corrected chi connectivity index (χ0v) is 10.2. The van der Waals surface area contributed by atoms with E-state index >= 15 is 0 Å². The van der Waals surface area contributed by atoms with Crippen molar-refractivity contribution in [2.24, 2.45) is 0 Å². The van der Waals surface area contributed by atoms with Crippen molar-refractivity contribution in [2.45, 2.75) is 13.0 Å². The van der Waals surface area contributed by atoms with Crippen molar-refractivity contribution in [3.8, 4) is 0 Å². The van der Waals surface area contributed by atoms with Crippen LogP contribution in [-0.4, -0.2) is 18.0 Å². The predicted molar refractivity (Wildman–Crippen MR) is 63.0 cm³/mol. The molecule has 1 atom stereocenters. The Balaban J connectivity index is 2.30. The average molecular weight is 275 g/mol. The summed E-state index contributed by atoms with van der Waals surface area (Å²) in [5, 5.41) is 3.79. The topological polar surface area (TPSA) is 58.6 Å². The van der Waals surface area contributed by atoms with Crippen molar-refractivity contribution < 1.29 is 14.4 Å². The Morgan fingerprint density at radius 2 is 2.00 bits per heavy atom. The summed E-state index contributed by atoms with van der Waals surface area (Å²) >= 11 is 11.6. The van der Waals surface area contributed by atoms with Gasteiger partial charge in [-0.05, 0) is 25.1 Å². The minimum absolute atomic E-state index is 0.296. The molecule has 2 rings (SSSR count). The Labute approximate surface area is 107 Å². The molecule has 90 valence electrons. The summed E-state index contributed by atoms with van der Waals surface area (Å²) in [7, 11) is 0. The number of rotatable bonds is 1. The molecule has 1 heterocycles. The van der Waals surface area contributed by atoms with Gasteiger partial charge in [0, 0.05) is 0 Å². The predicted octanol–water partition coefficient (Wildman–Crippen LogP) is 2.37. The number of halogens is 2. The first kappa shape index (κ1) is 12.2. The number of urea groups is 1. The van der Waals surface area contributed by atoms with Crippen molar-refractivity contribution in [1.82, 2.24) is 5.32 Å². The first-order chi connectivity index (χ1) is 7.99. The summed E-state index contributed by atoms with van der Waals surface area (Å²) in [4.78, 5) is 27.9. The third kappa shape index (κ3) is 2.36. The highest BCUT2D eigenvalue weighted by Gasteiger charge is 2.31. The fourth-order valence-corrected chi connectivity index (χ4v) is 1.59. The fourth-order valence-electron chi connectivity index (χ4n) is 1.30. The van der Waals surface area contributed by atoms with Gasteiger partial charge >= 0.3 is 6.03 Å². The molecule has 0 aromatic heterocycles. The maximum absolute atomic E-state index is 11.5. The van der Waals surface area contributed by atoms with Crippen LogP contribution in [0.4, 0.5) is 10.5 Å². The molecule has 0 aliphatic carbocycles. The number of hydroxylamine groups is 1. The minimum Gasteiger partial charge on any atom is -0.273 e. The van der Waals surface area contributed by atoms with Gasteiger partial charge in [0.15, 0.2) is 6.10 Å². The van der Waals surface area contributed by atoms with Crippen LogP contribution in [0.15, 0.2) is 18.2 Å². The van der Waals surface area contributed by atoms with E-state index in [-0.39, 0.29) is 0 Å². The number of hydrogen-bond donors (Lipinski definition) is 1. The average Bonchev–Trinajstić information content (AvgIpc) is 2.27. The normalized spacial score (nSPS) is 20.4. The van der Waals surface area contributed by atoms with Crippen LogP contribution in [0.3, 0.4) is 0 Å². The van der Waals surface area contributed by atoms with Crippen molar-refractivity contribution in [1.29, 1.82) is 0 Å². The fraction of sp³-hybridized carbons (Fsp3) is 0.200. The first-order valence-corrected chi connectivity index (χ1v) is 5.51. The second kappa shape index (κ2) is 4.52. The van der Waals surface area contributed by atoms with Gasteiger partial charge < -0.3 is 0 Å². The number of carbonyl (C=O) groups excluding carboxylic acids is 2.